The number of nitrogens with one attached hydrogen (secondary N) is 1. The van der Waals surface area contributed by atoms with Gasteiger partial charge in [-0.15, -0.1) is 0 Å². The Bertz CT molecular complexity index is 647. The van der Waals surface area contributed by atoms with Crippen LogP contribution in [0, 0.1) is 22.9 Å². The lowest BCUT2D eigenvalue weighted by atomic mass is 10.2. The number of halogens is 2. The molecule has 0 atom stereocenters. The van der Waals surface area contributed by atoms with Crippen LogP contribution in [0.1, 0.15) is 5.56 Å². The molecule has 6 heteroatoms. The Morgan fingerprint density at radius 3 is 2.68 bits per heavy atom. The van der Waals surface area contributed by atoms with Crippen LogP contribution in [0.4, 0.5) is 21.5 Å². The molecule has 4 nitrogen and oxygen atoms in total. The lowest BCUT2D eigenvalue weighted by molar-refractivity contribution is -0.385. The summed E-state index contributed by atoms with van der Waals surface area (Å²) in [6.07, 6.45) is 0. The van der Waals surface area contributed by atoms with Crippen LogP contribution in [0.3, 0.4) is 0 Å². The van der Waals surface area contributed by atoms with E-state index < -0.39 is 10.7 Å². The predicted molar refractivity (Wildman–Crippen MR) is 75.2 cm³/mol. The standard InChI is InChI=1S/C13H10BrFN2O2/c1-8-2-3-9(14)4-13(8)16-11-5-10(15)6-12(7-11)17(18)19/h2-7,16H,1H3. The first-order valence-electron chi connectivity index (χ1n) is 5.44. The van der Waals surface area contributed by atoms with Gasteiger partial charge in [0.2, 0.25) is 0 Å². The van der Waals surface area contributed by atoms with Gasteiger partial charge in [-0.1, -0.05) is 22.0 Å². The smallest absolute Gasteiger partial charge is 0.274 e. The van der Waals surface area contributed by atoms with Gasteiger partial charge in [0.15, 0.2) is 0 Å². The van der Waals surface area contributed by atoms with Crippen molar-refractivity contribution in [1.82, 2.24) is 0 Å². The first kappa shape index (κ1) is 13.5. The number of benzene rings is 2. The Kier molecular flexibility index (Phi) is 3.80. The van der Waals surface area contributed by atoms with E-state index in [9.17, 15) is 14.5 Å². The first-order valence-corrected chi connectivity index (χ1v) is 6.23. The van der Waals surface area contributed by atoms with Gasteiger partial charge in [0.05, 0.1) is 11.0 Å². The van der Waals surface area contributed by atoms with Crippen molar-refractivity contribution in [1.29, 1.82) is 0 Å². The summed E-state index contributed by atoms with van der Waals surface area (Å²) in [6, 6.07) is 9.00. The molecule has 0 heterocycles. The highest BCUT2D eigenvalue weighted by Crippen LogP contribution is 2.27. The van der Waals surface area contributed by atoms with E-state index >= 15 is 0 Å². The Morgan fingerprint density at radius 1 is 1.26 bits per heavy atom. The van der Waals surface area contributed by atoms with Gasteiger partial charge < -0.3 is 5.32 Å². The average Bonchev–Trinajstić information content (AvgIpc) is 2.33. The Hall–Kier alpha value is -1.95. The largest absolute Gasteiger partial charge is 0.355 e. The summed E-state index contributed by atoms with van der Waals surface area (Å²) in [7, 11) is 0. The highest BCUT2D eigenvalue weighted by atomic mass is 79.9. The molecule has 2 aromatic rings. The third kappa shape index (κ3) is 3.29. The number of nitro groups is 1. The number of hydrogen-bond acceptors (Lipinski definition) is 3. The quantitative estimate of drug-likeness (QED) is 0.665. The molecule has 98 valence electrons. The third-order valence-corrected chi connectivity index (χ3v) is 3.07. The number of nitro benzene ring substituents is 1. The van der Waals surface area contributed by atoms with Crippen LogP contribution in [-0.2, 0) is 0 Å². The van der Waals surface area contributed by atoms with Gasteiger partial charge >= 0.3 is 0 Å². The Labute approximate surface area is 117 Å². The zero-order valence-corrected chi connectivity index (χ0v) is 11.6. The van der Waals surface area contributed by atoms with Crippen LogP contribution in [-0.4, -0.2) is 4.92 Å². The molecule has 0 radical (unpaired) electrons. The van der Waals surface area contributed by atoms with Crippen LogP contribution in [0.2, 0.25) is 0 Å². The molecule has 0 aliphatic carbocycles. The predicted octanol–water partition coefficient (Wildman–Crippen LogP) is 4.55. The minimum absolute atomic E-state index is 0.282. The van der Waals surface area contributed by atoms with E-state index in [2.05, 4.69) is 21.2 Å². The second-order valence-electron chi connectivity index (χ2n) is 4.04. The number of non-ortho nitro benzene ring substituents is 1. The molecule has 0 unspecified atom stereocenters. The number of hydrogen-bond donors (Lipinski definition) is 1. The summed E-state index contributed by atoms with van der Waals surface area (Å²) in [5.74, 6) is -0.649. The van der Waals surface area contributed by atoms with Crippen molar-refractivity contribution in [2.75, 3.05) is 5.32 Å². The Balaban J connectivity index is 2.38. The van der Waals surface area contributed by atoms with E-state index in [1.54, 1.807) is 0 Å². The van der Waals surface area contributed by atoms with Crippen molar-refractivity contribution in [3.05, 3.63) is 62.4 Å². The van der Waals surface area contributed by atoms with Crippen molar-refractivity contribution < 1.29 is 9.31 Å². The van der Waals surface area contributed by atoms with Crippen LogP contribution >= 0.6 is 15.9 Å². The maximum atomic E-state index is 13.3. The zero-order chi connectivity index (χ0) is 14.0. The topological polar surface area (TPSA) is 55.2 Å². The summed E-state index contributed by atoms with van der Waals surface area (Å²) in [4.78, 5) is 10.1. The van der Waals surface area contributed by atoms with Gasteiger partial charge in [-0.3, -0.25) is 10.1 Å². The van der Waals surface area contributed by atoms with Crippen LogP contribution < -0.4 is 5.32 Å². The van der Waals surface area contributed by atoms with Crippen molar-refractivity contribution in [2.45, 2.75) is 6.92 Å². The average molecular weight is 325 g/mol. The molecule has 1 N–H and O–H groups in total. The molecule has 0 amide bonds. The summed E-state index contributed by atoms with van der Waals surface area (Å²) in [6.45, 7) is 1.89. The van der Waals surface area contributed by atoms with Gasteiger partial charge in [0, 0.05) is 21.9 Å². The molecule has 0 aliphatic heterocycles. The number of aryl methyl sites for hydroxylation is 1. The van der Waals surface area contributed by atoms with E-state index in [-0.39, 0.29) is 5.69 Å². The van der Waals surface area contributed by atoms with Crippen molar-refractivity contribution >= 4 is 33.0 Å². The third-order valence-electron chi connectivity index (χ3n) is 2.57. The van der Waals surface area contributed by atoms with Crippen LogP contribution in [0.25, 0.3) is 0 Å². The summed E-state index contributed by atoms with van der Waals surface area (Å²) >= 11 is 3.34. The molecule has 0 aliphatic rings. The normalized spacial score (nSPS) is 10.3. The summed E-state index contributed by atoms with van der Waals surface area (Å²) in [5.41, 5.74) is 1.77. The van der Waals surface area contributed by atoms with Gasteiger partial charge in [-0.2, -0.15) is 0 Å². The molecule has 0 saturated carbocycles. The maximum absolute atomic E-state index is 13.3. The van der Waals surface area contributed by atoms with Crippen molar-refractivity contribution in [2.24, 2.45) is 0 Å². The van der Waals surface area contributed by atoms with Gasteiger partial charge in [-0.05, 0) is 30.7 Å². The lowest BCUT2D eigenvalue weighted by Gasteiger charge is -2.10. The highest BCUT2D eigenvalue weighted by molar-refractivity contribution is 9.10. The minimum atomic E-state index is -0.649. The molecule has 0 spiro atoms. The van der Waals surface area contributed by atoms with Crippen molar-refractivity contribution in [3.63, 3.8) is 0 Å². The van der Waals surface area contributed by atoms with Gasteiger partial charge in [-0.25, -0.2) is 4.39 Å². The van der Waals surface area contributed by atoms with Crippen LogP contribution in [0.15, 0.2) is 40.9 Å². The van der Waals surface area contributed by atoms with Crippen molar-refractivity contribution in [3.8, 4) is 0 Å². The second kappa shape index (κ2) is 5.36. The van der Waals surface area contributed by atoms with E-state index in [1.807, 2.05) is 25.1 Å². The molecule has 2 rings (SSSR count). The molecule has 0 fully saturated rings. The summed E-state index contributed by atoms with van der Waals surface area (Å²) < 4.78 is 14.2. The van der Waals surface area contributed by atoms with E-state index in [0.29, 0.717) is 5.69 Å². The Morgan fingerprint density at radius 2 is 2.00 bits per heavy atom. The molecule has 0 saturated heterocycles. The fraction of sp³-hybridized carbons (Fsp3) is 0.0769. The van der Waals surface area contributed by atoms with E-state index in [0.717, 1.165) is 21.8 Å². The monoisotopic (exact) mass is 324 g/mol. The fourth-order valence-corrected chi connectivity index (χ4v) is 2.00. The lowest BCUT2D eigenvalue weighted by Crippen LogP contribution is -1.96. The highest BCUT2D eigenvalue weighted by Gasteiger charge is 2.10. The molecule has 19 heavy (non-hydrogen) atoms. The second-order valence-corrected chi connectivity index (χ2v) is 4.96. The molecular weight excluding hydrogens is 315 g/mol. The summed E-state index contributed by atoms with van der Waals surface area (Å²) in [5, 5.41) is 13.7. The molecular formula is C13H10BrFN2O2. The number of anilines is 2. The maximum Gasteiger partial charge on any atom is 0.274 e. The fourth-order valence-electron chi connectivity index (χ4n) is 1.64. The number of nitrogens with zero attached hydrogens (tertiary/aromatic N) is 1. The SMILES string of the molecule is Cc1ccc(Br)cc1Nc1cc(F)cc([N+](=O)[O-])c1. The van der Waals surface area contributed by atoms with E-state index in [1.165, 1.54) is 12.1 Å². The van der Waals surface area contributed by atoms with Crippen LogP contribution in [0.5, 0.6) is 0 Å². The van der Waals surface area contributed by atoms with E-state index in [4.69, 9.17) is 0 Å². The minimum Gasteiger partial charge on any atom is -0.355 e. The zero-order valence-electron chi connectivity index (χ0n) is 9.98. The van der Waals surface area contributed by atoms with Gasteiger partial charge in [0.1, 0.15) is 5.82 Å². The molecule has 0 bridgehead atoms. The van der Waals surface area contributed by atoms with Gasteiger partial charge in [0.25, 0.3) is 5.69 Å². The first-order chi connectivity index (χ1) is 8.95. The molecule has 0 aromatic heterocycles. The number of rotatable bonds is 3. The molecule has 2 aromatic carbocycles.